The topological polar surface area (TPSA) is 70.5 Å². The van der Waals surface area contributed by atoms with Crippen LogP contribution in [0.1, 0.15) is 44.9 Å². The molecule has 1 aliphatic carbocycles. The highest BCUT2D eigenvalue weighted by Crippen LogP contribution is 2.36. The summed E-state index contributed by atoms with van der Waals surface area (Å²) in [6, 6.07) is 1.72. The molecule has 0 bridgehead atoms. The fourth-order valence-corrected chi connectivity index (χ4v) is 4.67. The van der Waals surface area contributed by atoms with Gasteiger partial charge in [0, 0.05) is 38.4 Å². The molecular weight excluding hydrogens is 318 g/mol. The number of nitrogens with one attached hydrogen (secondary N) is 1. The van der Waals surface area contributed by atoms with E-state index in [1.54, 1.807) is 9.58 Å². The molecule has 25 heavy (non-hydrogen) atoms. The molecule has 3 heterocycles. The number of aryl methyl sites for hydroxylation is 1. The number of likely N-dealkylation sites (tertiary alicyclic amines) is 1. The molecular formula is C18H27N5O2. The molecule has 1 aromatic rings. The van der Waals surface area contributed by atoms with Crippen molar-refractivity contribution < 1.29 is 9.59 Å². The number of urea groups is 1. The van der Waals surface area contributed by atoms with E-state index in [-0.39, 0.29) is 11.9 Å². The van der Waals surface area contributed by atoms with Crippen LogP contribution in [0, 0.1) is 5.92 Å². The molecule has 1 aromatic heterocycles. The van der Waals surface area contributed by atoms with Gasteiger partial charge >= 0.3 is 6.03 Å². The Balaban J connectivity index is 1.41. The standard InChI is InChI=1S/C18H27N5O2/c1-21-11-9-16(20-21)23-10-4-6-14(17(23)24)19-18(25)22-12-8-13-5-2-3-7-15(13)22/h9,11,13-15H,2-8,10,12H2,1H3,(H,19,25)/t13-,14+,15-/m1/s1. The second-order valence-electron chi connectivity index (χ2n) is 7.58. The number of anilines is 1. The van der Waals surface area contributed by atoms with Crippen LogP contribution >= 0.6 is 0 Å². The molecule has 1 saturated carbocycles. The molecule has 4 rings (SSSR count). The van der Waals surface area contributed by atoms with Gasteiger partial charge in [-0.05, 0) is 38.0 Å². The SMILES string of the molecule is Cn1ccc(N2CCC[C@H](NC(=O)N3CC[C@H]4CCCC[C@H]43)C2=O)n1. The first-order valence-electron chi connectivity index (χ1n) is 9.51. The van der Waals surface area contributed by atoms with Crippen LogP contribution in [0.5, 0.6) is 0 Å². The monoisotopic (exact) mass is 345 g/mol. The molecule has 0 aromatic carbocycles. The molecule has 1 N–H and O–H groups in total. The molecule has 0 radical (unpaired) electrons. The van der Waals surface area contributed by atoms with Gasteiger partial charge in [0.15, 0.2) is 5.82 Å². The van der Waals surface area contributed by atoms with Gasteiger partial charge in [-0.1, -0.05) is 12.8 Å². The van der Waals surface area contributed by atoms with E-state index in [2.05, 4.69) is 10.4 Å². The van der Waals surface area contributed by atoms with Crippen molar-refractivity contribution in [1.29, 1.82) is 0 Å². The quantitative estimate of drug-likeness (QED) is 0.890. The van der Waals surface area contributed by atoms with Crippen molar-refractivity contribution in [2.24, 2.45) is 13.0 Å². The van der Waals surface area contributed by atoms with E-state index in [0.717, 1.165) is 25.8 Å². The maximum Gasteiger partial charge on any atom is 0.318 e. The van der Waals surface area contributed by atoms with E-state index < -0.39 is 6.04 Å². The number of carbonyl (C=O) groups excluding carboxylic acids is 2. The van der Waals surface area contributed by atoms with Crippen LogP contribution < -0.4 is 10.2 Å². The zero-order valence-corrected chi connectivity index (χ0v) is 14.9. The molecule has 3 aliphatic rings. The molecule has 2 aliphatic heterocycles. The van der Waals surface area contributed by atoms with Crippen LogP contribution in [0.25, 0.3) is 0 Å². The minimum Gasteiger partial charge on any atom is -0.326 e. The van der Waals surface area contributed by atoms with Gasteiger partial charge in [-0.2, -0.15) is 5.10 Å². The molecule has 3 atom stereocenters. The van der Waals surface area contributed by atoms with Gasteiger partial charge < -0.3 is 10.2 Å². The predicted octanol–water partition coefficient (Wildman–Crippen LogP) is 1.89. The van der Waals surface area contributed by atoms with Gasteiger partial charge in [0.05, 0.1) is 0 Å². The number of rotatable bonds is 2. The van der Waals surface area contributed by atoms with Crippen LogP contribution in [0.15, 0.2) is 12.3 Å². The Bertz CT molecular complexity index is 658. The number of amides is 3. The summed E-state index contributed by atoms with van der Waals surface area (Å²) in [5.41, 5.74) is 0. The molecule has 3 fully saturated rings. The second kappa shape index (κ2) is 6.69. The lowest BCUT2D eigenvalue weighted by atomic mass is 9.85. The average molecular weight is 345 g/mol. The maximum atomic E-state index is 12.8. The zero-order chi connectivity index (χ0) is 17.4. The molecule has 136 valence electrons. The summed E-state index contributed by atoms with van der Waals surface area (Å²) in [5.74, 6) is 1.28. The summed E-state index contributed by atoms with van der Waals surface area (Å²) >= 11 is 0. The number of nitrogens with zero attached hydrogens (tertiary/aromatic N) is 4. The number of carbonyl (C=O) groups is 2. The summed E-state index contributed by atoms with van der Waals surface area (Å²) in [7, 11) is 1.84. The molecule has 7 heteroatoms. The number of aromatic nitrogens is 2. The number of hydrogen-bond acceptors (Lipinski definition) is 3. The van der Waals surface area contributed by atoms with Gasteiger partial charge in [0.1, 0.15) is 6.04 Å². The van der Waals surface area contributed by atoms with Crippen molar-refractivity contribution in [2.75, 3.05) is 18.0 Å². The third kappa shape index (κ3) is 3.12. The van der Waals surface area contributed by atoms with Gasteiger partial charge in [-0.15, -0.1) is 0 Å². The molecule has 7 nitrogen and oxygen atoms in total. The first-order chi connectivity index (χ1) is 12.1. The third-order valence-corrected chi connectivity index (χ3v) is 5.98. The smallest absolute Gasteiger partial charge is 0.318 e. The fraction of sp³-hybridized carbons (Fsp3) is 0.722. The predicted molar refractivity (Wildman–Crippen MR) is 94.2 cm³/mol. The molecule has 2 saturated heterocycles. The number of fused-ring (bicyclic) bond motifs is 1. The Kier molecular flexibility index (Phi) is 4.39. The Morgan fingerprint density at radius 2 is 2.00 bits per heavy atom. The maximum absolute atomic E-state index is 12.8. The van der Waals surface area contributed by atoms with E-state index in [0.29, 0.717) is 30.7 Å². The van der Waals surface area contributed by atoms with Crippen molar-refractivity contribution in [3.63, 3.8) is 0 Å². The van der Waals surface area contributed by atoms with E-state index in [4.69, 9.17) is 0 Å². The highest BCUT2D eigenvalue weighted by Gasteiger charge is 2.40. The van der Waals surface area contributed by atoms with Crippen molar-refractivity contribution in [1.82, 2.24) is 20.0 Å². The van der Waals surface area contributed by atoms with E-state index in [1.807, 2.05) is 24.2 Å². The fourth-order valence-electron chi connectivity index (χ4n) is 4.67. The lowest BCUT2D eigenvalue weighted by molar-refractivity contribution is -0.121. The first-order valence-corrected chi connectivity index (χ1v) is 9.51. The molecule has 0 unspecified atom stereocenters. The van der Waals surface area contributed by atoms with Crippen LogP contribution in [0.2, 0.25) is 0 Å². The molecule has 3 amide bonds. The zero-order valence-electron chi connectivity index (χ0n) is 14.9. The van der Waals surface area contributed by atoms with Crippen molar-refractivity contribution >= 4 is 17.8 Å². The van der Waals surface area contributed by atoms with Crippen molar-refractivity contribution in [3.8, 4) is 0 Å². The van der Waals surface area contributed by atoms with Crippen LogP contribution in [0.4, 0.5) is 10.6 Å². The van der Waals surface area contributed by atoms with Crippen LogP contribution in [0.3, 0.4) is 0 Å². The normalized spacial score (nSPS) is 29.6. The Labute approximate surface area is 148 Å². The van der Waals surface area contributed by atoms with Gasteiger partial charge in [-0.25, -0.2) is 4.79 Å². The summed E-state index contributed by atoms with van der Waals surface area (Å²) in [5, 5.41) is 7.34. The highest BCUT2D eigenvalue weighted by atomic mass is 16.2. The second-order valence-corrected chi connectivity index (χ2v) is 7.58. The minimum atomic E-state index is -0.439. The Morgan fingerprint density at radius 3 is 2.80 bits per heavy atom. The highest BCUT2D eigenvalue weighted by molar-refractivity contribution is 5.99. The number of piperidine rings is 1. The summed E-state index contributed by atoms with van der Waals surface area (Å²) in [4.78, 5) is 29.3. The van der Waals surface area contributed by atoms with Gasteiger partial charge in [0.25, 0.3) is 5.91 Å². The lowest BCUT2D eigenvalue weighted by Crippen LogP contribution is -2.56. The van der Waals surface area contributed by atoms with Crippen LogP contribution in [-0.4, -0.2) is 51.8 Å². The van der Waals surface area contributed by atoms with Crippen LogP contribution in [-0.2, 0) is 11.8 Å². The largest absolute Gasteiger partial charge is 0.326 e. The average Bonchev–Trinajstić information content (AvgIpc) is 3.23. The Hall–Kier alpha value is -2.05. The lowest BCUT2D eigenvalue weighted by Gasteiger charge is -2.35. The summed E-state index contributed by atoms with van der Waals surface area (Å²) in [6.45, 7) is 1.49. The first kappa shape index (κ1) is 16.4. The van der Waals surface area contributed by atoms with E-state index >= 15 is 0 Å². The number of hydrogen-bond donors (Lipinski definition) is 1. The van der Waals surface area contributed by atoms with Gasteiger partial charge in [-0.3, -0.25) is 14.4 Å². The summed E-state index contributed by atoms with van der Waals surface area (Å²) < 4.78 is 1.69. The van der Waals surface area contributed by atoms with E-state index in [1.165, 1.54) is 19.3 Å². The van der Waals surface area contributed by atoms with Crippen molar-refractivity contribution in [3.05, 3.63) is 12.3 Å². The van der Waals surface area contributed by atoms with Gasteiger partial charge in [0.2, 0.25) is 0 Å². The molecule has 0 spiro atoms. The summed E-state index contributed by atoms with van der Waals surface area (Å²) in [6.07, 6.45) is 9.36. The minimum absolute atomic E-state index is 0.0438. The van der Waals surface area contributed by atoms with Crippen molar-refractivity contribution in [2.45, 2.75) is 57.0 Å². The third-order valence-electron chi connectivity index (χ3n) is 5.98. The van der Waals surface area contributed by atoms with E-state index in [9.17, 15) is 9.59 Å². The Morgan fingerprint density at radius 1 is 1.16 bits per heavy atom.